The molecule has 1 amide bonds. The van der Waals surface area contributed by atoms with Gasteiger partial charge in [0.25, 0.3) is 0 Å². The summed E-state index contributed by atoms with van der Waals surface area (Å²) in [5.74, 6) is 5.14. The highest BCUT2D eigenvalue weighted by Gasteiger charge is 2.49. The minimum absolute atomic E-state index is 0.250. The van der Waals surface area contributed by atoms with Gasteiger partial charge in [0, 0.05) is 18.0 Å². The van der Waals surface area contributed by atoms with E-state index in [-0.39, 0.29) is 19.1 Å². The number of amides is 1. The van der Waals surface area contributed by atoms with Gasteiger partial charge in [-0.3, -0.25) is 9.63 Å². The first-order chi connectivity index (χ1) is 19.5. The lowest BCUT2D eigenvalue weighted by Crippen LogP contribution is -2.49. The molecule has 220 valence electrons. The monoisotopic (exact) mass is 560 g/mol. The molecule has 7 heteroatoms. The largest absolute Gasteiger partial charge is 0.394 e. The van der Waals surface area contributed by atoms with Crippen molar-refractivity contribution in [2.45, 2.75) is 77.9 Å². The molecule has 7 nitrogen and oxygen atoms in total. The number of carbonyl (C=O) groups excluding carboxylic acids is 1. The summed E-state index contributed by atoms with van der Waals surface area (Å²) in [5.41, 5.74) is 3.42. The van der Waals surface area contributed by atoms with Gasteiger partial charge in [-0.25, -0.2) is 0 Å². The zero-order valence-electron chi connectivity index (χ0n) is 24.8. The maximum atomic E-state index is 13.4. The number of allylic oxidation sites excluding steroid dienone is 3. The fraction of sp³-hybridized carbons (Fsp3) is 0.441. The lowest BCUT2D eigenvalue weighted by molar-refractivity contribution is -0.181. The summed E-state index contributed by atoms with van der Waals surface area (Å²) in [6, 6.07) is 16.0. The van der Waals surface area contributed by atoms with Crippen LogP contribution >= 0.6 is 0 Å². The molecule has 1 aliphatic rings. The molecule has 1 fully saturated rings. The second-order valence-electron chi connectivity index (χ2n) is 11.2. The number of hydroxylamine groups is 2. The van der Waals surface area contributed by atoms with Crippen LogP contribution in [0.15, 0.2) is 77.9 Å². The summed E-state index contributed by atoms with van der Waals surface area (Å²) in [6.07, 6.45) is 4.49. The van der Waals surface area contributed by atoms with Gasteiger partial charge in [0.05, 0.1) is 19.3 Å². The van der Waals surface area contributed by atoms with Gasteiger partial charge in [0.2, 0.25) is 5.91 Å². The maximum Gasteiger partial charge on any atom is 0.240 e. The quantitative estimate of drug-likeness (QED) is 0.242. The van der Waals surface area contributed by atoms with Crippen LogP contribution in [0.2, 0.25) is 0 Å². The Morgan fingerprint density at radius 2 is 1.88 bits per heavy atom. The number of aliphatic hydroxyl groups excluding tert-OH is 2. The van der Waals surface area contributed by atoms with Crippen LogP contribution in [0, 0.1) is 17.8 Å². The van der Waals surface area contributed by atoms with Gasteiger partial charge in [-0.05, 0) is 70.7 Å². The Morgan fingerprint density at radius 1 is 1.15 bits per heavy atom. The summed E-state index contributed by atoms with van der Waals surface area (Å²) in [4.78, 5) is 19.4. The Bertz CT molecular complexity index is 1270. The molecule has 1 unspecified atom stereocenters. The molecule has 0 saturated carbocycles. The summed E-state index contributed by atoms with van der Waals surface area (Å²) >= 11 is 0. The van der Waals surface area contributed by atoms with Crippen LogP contribution in [0.1, 0.15) is 64.2 Å². The summed E-state index contributed by atoms with van der Waals surface area (Å²) in [5, 5.41) is 35.9. The summed E-state index contributed by atoms with van der Waals surface area (Å²) in [6.45, 7) is 9.77. The number of rotatable bonds is 11. The number of carbonyl (C=O) groups is 1. The standard InChI is InChI=1S/C34H44N2O5/c1-24(2)11-9-12-25(3)18-20-35-33(39)32-31(26(4)38)30(23-37)41-36(32)22-28-14-10-13-27(21-28)17-19-34(5,40)29-15-7-6-8-16-29/h6-8,10-11,13-16,18,21,26,30-32,37-38,40H,9,12,20,22-23H2,1-5H3,(H,35,39)/b25-18+/t26-,30-,31+,32-,34?/m1/s1. The van der Waals surface area contributed by atoms with Gasteiger partial charge in [-0.1, -0.05) is 77.6 Å². The number of hydrogen-bond acceptors (Lipinski definition) is 6. The number of nitrogens with zero attached hydrogens (tertiary/aromatic N) is 1. The van der Waals surface area contributed by atoms with Gasteiger partial charge < -0.3 is 20.6 Å². The molecule has 0 aliphatic carbocycles. The summed E-state index contributed by atoms with van der Waals surface area (Å²) < 4.78 is 0. The zero-order chi connectivity index (χ0) is 30.0. The van der Waals surface area contributed by atoms with Crippen molar-refractivity contribution < 1.29 is 25.0 Å². The molecule has 0 bridgehead atoms. The summed E-state index contributed by atoms with van der Waals surface area (Å²) in [7, 11) is 0. The van der Waals surface area contributed by atoms with E-state index in [4.69, 9.17) is 4.84 Å². The molecular weight excluding hydrogens is 516 g/mol. The molecule has 5 atom stereocenters. The average Bonchev–Trinajstić information content (AvgIpc) is 3.31. The average molecular weight is 561 g/mol. The normalized spacial score (nSPS) is 21.4. The van der Waals surface area contributed by atoms with Crippen LogP contribution in [0.5, 0.6) is 0 Å². The van der Waals surface area contributed by atoms with E-state index in [0.29, 0.717) is 17.7 Å². The predicted molar refractivity (Wildman–Crippen MR) is 161 cm³/mol. The number of hydrogen-bond donors (Lipinski definition) is 4. The van der Waals surface area contributed by atoms with Crippen molar-refractivity contribution in [3.63, 3.8) is 0 Å². The van der Waals surface area contributed by atoms with E-state index in [1.165, 1.54) is 11.1 Å². The maximum absolute atomic E-state index is 13.4. The third-order valence-electron chi connectivity index (χ3n) is 7.25. The molecule has 41 heavy (non-hydrogen) atoms. The van der Waals surface area contributed by atoms with Crippen molar-refractivity contribution in [3.8, 4) is 11.8 Å². The Morgan fingerprint density at radius 3 is 2.54 bits per heavy atom. The number of aliphatic hydroxyl groups is 3. The molecule has 0 aromatic heterocycles. The van der Waals surface area contributed by atoms with E-state index in [1.807, 2.05) is 67.6 Å². The lowest BCUT2D eigenvalue weighted by atomic mass is 9.89. The Hall–Kier alpha value is -3.25. The smallest absolute Gasteiger partial charge is 0.240 e. The predicted octanol–water partition coefficient (Wildman–Crippen LogP) is 4.23. The molecule has 0 spiro atoms. The van der Waals surface area contributed by atoms with E-state index in [0.717, 1.165) is 18.4 Å². The van der Waals surface area contributed by atoms with Crippen molar-refractivity contribution in [1.29, 1.82) is 0 Å². The van der Waals surface area contributed by atoms with Gasteiger partial charge in [0.1, 0.15) is 17.7 Å². The topological polar surface area (TPSA) is 102 Å². The highest BCUT2D eigenvalue weighted by atomic mass is 16.7. The van der Waals surface area contributed by atoms with Gasteiger partial charge >= 0.3 is 0 Å². The first-order valence-electron chi connectivity index (χ1n) is 14.2. The fourth-order valence-corrected chi connectivity index (χ4v) is 4.95. The van der Waals surface area contributed by atoms with Gasteiger partial charge in [-0.2, -0.15) is 5.06 Å². The Kier molecular flexibility index (Phi) is 11.9. The molecule has 1 heterocycles. The minimum Gasteiger partial charge on any atom is -0.394 e. The molecule has 1 aliphatic heterocycles. The third-order valence-corrected chi connectivity index (χ3v) is 7.25. The number of benzene rings is 2. The Balaban J connectivity index is 1.75. The SMILES string of the molecule is CC(C)=CCC/C(C)=C/CNC(=O)[C@H]1[C@@H]([C@@H](C)O)[C@@H](CO)ON1Cc1cccc(C#CC(C)(O)c2ccccc2)c1. The first kappa shape index (κ1) is 32.3. The van der Waals surface area contributed by atoms with Crippen molar-refractivity contribution >= 4 is 5.91 Å². The van der Waals surface area contributed by atoms with Crippen molar-refractivity contribution in [2.75, 3.05) is 13.2 Å². The van der Waals surface area contributed by atoms with E-state index >= 15 is 0 Å². The van der Waals surface area contributed by atoms with Crippen molar-refractivity contribution in [1.82, 2.24) is 10.4 Å². The van der Waals surface area contributed by atoms with Crippen LogP contribution in [-0.2, 0) is 21.8 Å². The minimum atomic E-state index is -1.31. The molecule has 3 rings (SSSR count). The van der Waals surface area contributed by atoms with Crippen LogP contribution in [-0.4, -0.2) is 57.7 Å². The van der Waals surface area contributed by atoms with Crippen molar-refractivity contribution in [2.24, 2.45) is 5.92 Å². The van der Waals surface area contributed by atoms with Gasteiger partial charge in [0.15, 0.2) is 0 Å². The van der Waals surface area contributed by atoms with E-state index in [2.05, 4.69) is 37.1 Å². The molecule has 1 saturated heterocycles. The van der Waals surface area contributed by atoms with Crippen LogP contribution in [0.25, 0.3) is 0 Å². The third kappa shape index (κ3) is 9.39. The molecular formula is C34H44N2O5. The number of nitrogens with one attached hydrogen (secondary N) is 1. The van der Waals surface area contributed by atoms with E-state index in [9.17, 15) is 20.1 Å². The van der Waals surface area contributed by atoms with Crippen LogP contribution < -0.4 is 5.32 Å². The molecule has 4 N–H and O–H groups in total. The van der Waals surface area contributed by atoms with E-state index < -0.39 is 29.8 Å². The van der Waals surface area contributed by atoms with Gasteiger partial charge in [-0.15, -0.1) is 0 Å². The second-order valence-corrected chi connectivity index (χ2v) is 11.2. The van der Waals surface area contributed by atoms with Crippen LogP contribution in [0.3, 0.4) is 0 Å². The lowest BCUT2D eigenvalue weighted by Gasteiger charge is -2.26. The second kappa shape index (κ2) is 15.1. The highest BCUT2D eigenvalue weighted by molar-refractivity contribution is 5.82. The van der Waals surface area contributed by atoms with Crippen molar-refractivity contribution in [3.05, 3.63) is 94.6 Å². The first-order valence-corrected chi connectivity index (χ1v) is 14.2. The molecule has 0 radical (unpaired) electrons. The highest BCUT2D eigenvalue weighted by Crippen LogP contribution is 2.32. The molecule has 2 aromatic rings. The fourth-order valence-electron chi connectivity index (χ4n) is 4.95. The zero-order valence-corrected chi connectivity index (χ0v) is 24.8. The Labute approximate surface area is 244 Å². The van der Waals surface area contributed by atoms with E-state index in [1.54, 1.807) is 18.9 Å². The molecule has 2 aromatic carbocycles. The van der Waals surface area contributed by atoms with Crippen LogP contribution in [0.4, 0.5) is 0 Å².